The third-order valence-electron chi connectivity index (χ3n) is 1.84. The molecule has 0 heterocycles. The van der Waals surface area contributed by atoms with Crippen molar-refractivity contribution in [2.45, 2.75) is 12.6 Å². The number of halogens is 3. The lowest BCUT2D eigenvalue weighted by Crippen LogP contribution is -2.24. The van der Waals surface area contributed by atoms with Crippen molar-refractivity contribution in [3.63, 3.8) is 0 Å². The maximum atomic E-state index is 11.9. The van der Waals surface area contributed by atoms with Crippen LogP contribution in [0.15, 0.2) is 12.1 Å². The maximum Gasteiger partial charge on any atom is 0.450 e. The Balaban J connectivity index is 3.03. The monoisotopic (exact) mass is 236 g/mol. The van der Waals surface area contributed by atoms with Gasteiger partial charge in [-0.2, -0.15) is 13.2 Å². The average molecular weight is 236 g/mol. The molecule has 0 aliphatic heterocycles. The summed E-state index contributed by atoms with van der Waals surface area (Å²) < 4.78 is 35.7. The molecule has 0 aromatic heterocycles. The number of hydrogen-bond donors (Lipinski definition) is 3. The molecule has 0 aliphatic carbocycles. The number of rotatable bonds is 2. The predicted molar refractivity (Wildman–Crippen MR) is 46.2 cm³/mol. The zero-order valence-electron chi connectivity index (χ0n) is 7.75. The molecule has 0 atom stereocenters. The van der Waals surface area contributed by atoms with Gasteiger partial charge in [0.05, 0.1) is 0 Å². The maximum absolute atomic E-state index is 11.9. The van der Waals surface area contributed by atoms with Crippen LogP contribution in [0, 0.1) is 0 Å². The highest BCUT2D eigenvalue weighted by molar-refractivity contribution is 5.87. The number of phenols is 3. The van der Waals surface area contributed by atoms with Gasteiger partial charge in [-0.15, -0.1) is 0 Å². The summed E-state index contributed by atoms with van der Waals surface area (Å²) in [7, 11) is 0. The number of hydrogen-bond acceptors (Lipinski definition) is 4. The van der Waals surface area contributed by atoms with Crippen LogP contribution in [0.25, 0.3) is 0 Å². The number of phenolic OH excluding ortho intramolecular Hbond substituents is 3. The Labute approximate surface area is 87.6 Å². The number of alkyl halides is 3. The van der Waals surface area contributed by atoms with Gasteiger partial charge in [-0.3, -0.25) is 4.79 Å². The topological polar surface area (TPSA) is 77.8 Å². The third kappa shape index (κ3) is 2.56. The summed E-state index contributed by atoms with van der Waals surface area (Å²) in [5.74, 6) is -4.15. The van der Waals surface area contributed by atoms with Gasteiger partial charge in [-0.25, -0.2) is 0 Å². The van der Waals surface area contributed by atoms with Gasteiger partial charge in [-0.1, -0.05) is 0 Å². The van der Waals surface area contributed by atoms with E-state index in [2.05, 4.69) is 0 Å². The summed E-state index contributed by atoms with van der Waals surface area (Å²) in [5, 5.41) is 27.2. The SMILES string of the molecule is O=C(Cc1c(O)cc(O)cc1O)C(F)(F)F. The molecule has 0 saturated heterocycles. The molecule has 0 spiro atoms. The summed E-state index contributed by atoms with van der Waals surface area (Å²) in [6, 6.07) is 1.47. The summed E-state index contributed by atoms with van der Waals surface area (Å²) in [5.41, 5.74) is -0.569. The van der Waals surface area contributed by atoms with Crippen molar-refractivity contribution in [1.82, 2.24) is 0 Å². The molecule has 0 fully saturated rings. The fraction of sp³-hybridized carbons (Fsp3) is 0.222. The molecular formula is C9H7F3O4. The van der Waals surface area contributed by atoms with Crippen molar-refractivity contribution in [1.29, 1.82) is 0 Å². The molecule has 0 bridgehead atoms. The molecule has 0 saturated carbocycles. The quantitative estimate of drug-likeness (QED) is 0.726. The molecule has 88 valence electrons. The van der Waals surface area contributed by atoms with E-state index in [0.29, 0.717) is 0 Å². The number of Topliss-reactive ketones (excluding diaryl/α,β-unsaturated/α-hetero) is 1. The first kappa shape index (κ1) is 12.2. The van der Waals surface area contributed by atoms with Crippen LogP contribution < -0.4 is 0 Å². The highest BCUT2D eigenvalue weighted by Crippen LogP contribution is 2.33. The number of ketones is 1. The number of carbonyl (C=O) groups excluding carboxylic acids is 1. The minimum atomic E-state index is -5.03. The molecule has 0 radical (unpaired) electrons. The Kier molecular flexibility index (Phi) is 2.97. The van der Waals surface area contributed by atoms with Crippen molar-refractivity contribution < 1.29 is 33.3 Å². The van der Waals surface area contributed by atoms with E-state index in [1.807, 2.05) is 0 Å². The van der Waals surface area contributed by atoms with Gasteiger partial charge in [-0.05, 0) is 0 Å². The minimum absolute atomic E-state index is 0.516. The summed E-state index contributed by atoms with van der Waals surface area (Å²) in [4.78, 5) is 10.6. The lowest BCUT2D eigenvalue weighted by atomic mass is 10.1. The first-order valence-corrected chi connectivity index (χ1v) is 4.05. The molecule has 1 rings (SSSR count). The standard InChI is InChI=1S/C9H7F3O4/c10-9(11,12)8(16)3-5-6(14)1-4(13)2-7(5)15/h1-2,13-15H,3H2. The van der Waals surface area contributed by atoms with Crippen molar-refractivity contribution in [3.8, 4) is 17.2 Å². The van der Waals surface area contributed by atoms with Gasteiger partial charge in [0.1, 0.15) is 17.2 Å². The summed E-state index contributed by atoms with van der Waals surface area (Å²) in [6.45, 7) is 0. The third-order valence-corrected chi connectivity index (χ3v) is 1.84. The molecule has 0 amide bonds. The lowest BCUT2D eigenvalue weighted by Gasteiger charge is -2.09. The van der Waals surface area contributed by atoms with E-state index in [-0.39, 0.29) is 0 Å². The van der Waals surface area contributed by atoms with Gasteiger partial charge < -0.3 is 15.3 Å². The number of carbonyl (C=O) groups is 1. The van der Waals surface area contributed by atoms with E-state index in [4.69, 9.17) is 15.3 Å². The van der Waals surface area contributed by atoms with Gasteiger partial charge in [0.2, 0.25) is 5.78 Å². The van der Waals surface area contributed by atoms with Crippen LogP contribution in [0.1, 0.15) is 5.56 Å². The Bertz CT molecular complexity index is 402. The second-order valence-electron chi connectivity index (χ2n) is 3.06. The Hall–Kier alpha value is -1.92. The van der Waals surface area contributed by atoms with Crippen LogP contribution in [0.5, 0.6) is 17.2 Å². The first-order chi connectivity index (χ1) is 7.21. The molecule has 1 aromatic rings. The number of aromatic hydroxyl groups is 3. The van der Waals surface area contributed by atoms with Crippen LogP contribution in [-0.2, 0) is 11.2 Å². The average Bonchev–Trinajstić information content (AvgIpc) is 2.08. The Morgan fingerprint density at radius 2 is 1.56 bits per heavy atom. The molecule has 4 nitrogen and oxygen atoms in total. The lowest BCUT2D eigenvalue weighted by molar-refractivity contribution is -0.170. The van der Waals surface area contributed by atoms with Crippen LogP contribution >= 0.6 is 0 Å². The van der Waals surface area contributed by atoms with Crippen molar-refractivity contribution in [2.24, 2.45) is 0 Å². The predicted octanol–water partition coefficient (Wildman–Crippen LogP) is 1.48. The molecule has 1 aromatic carbocycles. The van der Waals surface area contributed by atoms with Crippen molar-refractivity contribution >= 4 is 5.78 Å². The second kappa shape index (κ2) is 3.92. The van der Waals surface area contributed by atoms with Crippen molar-refractivity contribution in [3.05, 3.63) is 17.7 Å². The van der Waals surface area contributed by atoms with E-state index in [0.717, 1.165) is 12.1 Å². The molecule has 16 heavy (non-hydrogen) atoms. The van der Waals surface area contributed by atoms with Gasteiger partial charge >= 0.3 is 6.18 Å². The van der Waals surface area contributed by atoms with E-state index in [9.17, 15) is 18.0 Å². The number of benzene rings is 1. The molecule has 7 heteroatoms. The smallest absolute Gasteiger partial charge is 0.450 e. The first-order valence-electron chi connectivity index (χ1n) is 4.05. The molecular weight excluding hydrogens is 229 g/mol. The molecule has 0 aliphatic rings. The fourth-order valence-electron chi connectivity index (χ4n) is 1.07. The molecule has 3 N–H and O–H groups in total. The fourth-order valence-corrected chi connectivity index (χ4v) is 1.07. The van der Waals surface area contributed by atoms with Crippen LogP contribution in [0.3, 0.4) is 0 Å². The summed E-state index contributed by atoms with van der Waals surface area (Å²) >= 11 is 0. The highest BCUT2D eigenvalue weighted by Gasteiger charge is 2.38. The van der Waals surface area contributed by atoms with E-state index in [1.165, 1.54) is 0 Å². The van der Waals surface area contributed by atoms with E-state index in [1.54, 1.807) is 0 Å². The van der Waals surface area contributed by atoms with Crippen LogP contribution in [0.2, 0.25) is 0 Å². The largest absolute Gasteiger partial charge is 0.508 e. The van der Waals surface area contributed by atoms with Gasteiger partial charge in [0.25, 0.3) is 0 Å². The zero-order valence-corrected chi connectivity index (χ0v) is 7.75. The van der Waals surface area contributed by atoms with Crippen LogP contribution in [0.4, 0.5) is 13.2 Å². The zero-order chi connectivity index (χ0) is 12.5. The minimum Gasteiger partial charge on any atom is -0.508 e. The Morgan fingerprint density at radius 1 is 1.12 bits per heavy atom. The van der Waals surface area contributed by atoms with Crippen LogP contribution in [-0.4, -0.2) is 27.3 Å². The van der Waals surface area contributed by atoms with Gasteiger partial charge in [0.15, 0.2) is 0 Å². The Morgan fingerprint density at radius 3 is 1.94 bits per heavy atom. The van der Waals surface area contributed by atoms with Gasteiger partial charge in [0, 0.05) is 24.1 Å². The normalized spacial score (nSPS) is 11.4. The summed E-state index contributed by atoms with van der Waals surface area (Å²) in [6.07, 6.45) is -6.21. The van der Waals surface area contributed by atoms with E-state index >= 15 is 0 Å². The molecule has 0 unspecified atom stereocenters. The van der Waals surface area contributed by atoms with E-state index < -0.39 is 41.2 Å². The van der Waals surface area contributed by atoms with Crippen molar-refractivity contribution in [2.75, 3.05) is 0 Å². The second-order valence-corrected chi connectivity index (χ2v) is 3.06. The highest BCUT2D eigenvalue weighted by atomic mass is 19.4.